The first-order valence-electron chi connectivity index (χ1n) is 11.7. The minimum atomic E-state index is -0.468. The van der Waals surface area contributed by atoms with E-state index in [1.165, 1.54) is 16.7 Å². The molecular formula is C27H36N2O3. The fourth-order valence-corrected chi connectivity index (χ4v) is 4.88. The van der Waals surface area contributed by atoms with E-state index in [1.54, 1.807) is 0 Å². The molecule has 1 saturated heterocycles. The Bertz CT molecular complexity index is 889. The van der Waals surface area contributed by atoms with Gasteiger partial charge in [0, 0.05) is 26.2 Å². The summed E-state index contributed by atoms with van der Waals surface area (Å²) in [5.41, 5.74) is 3.49. The first-order chi connectivity index (χ1) is 15.3. The van der Waals surface area contributed by atoms with Gasteiger partial charge in [-0.1, -0.05) is 54.6 Å². The van der Waals surface area contributed by atoms with Crippen LogP contribution in [0.25, 0.3) is 0 Å². The molecule has 0 aromatic heterocycles. The number of fused-ring (bicyclic) bond motifs is 1. The second-order valence-corrected chi connectivity index (χ2v) is 10.2. The first kappa shape index (κ1) is 22.8. The van der Waals surface area contributed by atoms with Crippen LogP contribution in [0.2, 0.25) is 0 Å². The van der Waals surface area contributed by atoms with E-state index in [-0.39, 0.29) is 17.7 Å². The van der Waals surface area contributed by atoms with E-state index in [9.17, 15) is 4.79 Å². The van der Waals surface area contributed by atoms with E-state index < -0.39 is 5.60 Å². The van der Waals surface area contributed by atoms with Crippen LogP contribution >= 0.6 is 0 Å². The summed E-state index contributed by atoms with van der Waals surface area (Å²) in [7, 11) is 0. The minimum absolute atomic E-state index is 0.0415. The largest absolute Gasteiger partial charge is 0.444 e. The topological polar surface area (TPSA) is 42.0 Å². The molecule has 0 spiro atoms. The zero-order valence-electron chi connectivity index (χ0n) is 19.8. The lowest BCUT2D eigenvalue weighted by molar-refractivity contribution is -0.0522. The molecule has 0 radical (unpaired) electrons. The molecule has 5 nitrogen and oxygen atoms in total. The Balaban J connectivity index is 1.46. The van der Waals surface area contributed by atoms with Crippen LogP contribution in [-0.2, 0) is 22.3 Å². The molecule has 5 heteroatoms. The molecule has 1 unspecified atom stereocenters. The fraction of sp³-hybridized carbons (Fsp3) is 0.519. The monoisotopic (exact) mass is 436 g/mol. The highest BCUT2D eigenvalue weighted by Gasteiger charge is 2.44. The van der Waals surface area contributed by atoms with E-state index in [4.69, 9.17) is 9.47 Å². The molecule has 2 aromatic carbocycles. The van der Waals surface area contributed by atoms with Gasteiger partial charge in [-0.25, -0.2) is 4.79 Å². The summed E-state index contributed by atoms with van der Waals surface area (Å²) in [6.45, 7) is 11.6. The Hall–Kier alpha value is -2.37. The van der Waals surface area contributed by atoms with Crippen molar-refractivity contribution < 1.29 is 14.3 Å². The third-order valence-electron chi connectivity index (χ3n) is 6.63. The predicted octanol–water partition coefficient (Wildman–Crippen LogP) is 4.85. The van der Waals surface area contributed by atoms with E-state index in [1.807, 2.05) is 31.7 Å². The number of hydrogen-bond donors (Lipinski definition) is 0. The second kappa shape index (κ2) is 9.24. The Morgan fingerprint density at radius 1 is 0.938 bits per heavy atom. The summed E-state index contributed by atoms with van der Waals surface area (Å²) in [4.78, 5) is 16.9. The van der Waals surface area contributed by atoms with Crippen LogP contribution in [0.15, 0.2) is 54.6 Å². The van der Waals surface area contributed by atoms with Gasteiger partial charge < -0.3 is 14.4 Å². The van der Waals surface area contributed by atoms with Gasteiger partial charge in [0.2, 0.25) is 0 Å². The summed E-state index contributed by atoms with van der Waals surface area (Å²) in [5, 5.41) is 0. The van der Waals surface area contributed by atoms with Crippen molar-refractivity contribution in [1.29, 1.82) is 0 Å². The SMILES string of the molecule is CC(OCC1(N2CCN(C(=O)OC(C)(C)C)CC2)Cc2ccccc2C1)c1ccccc1. The maximum atomic E-state index is 12.5. The van der Waals surface area contributed by atoms with Gasteiger partial charge in [-0.2, -0.15) is 0 Å². The number of carbonyl (C=O) groups is 1. The Morgan fingerprint density at radius 2 is 1.50 bits per heavy atom. The molecule has 1 atom stereocenters. The smallest absolute Gasteiger partial charge is 0.410 e. The number of benzene rings is 2. The quantitative estimate of drug-likeness (QED) is 0.672. The summed E-state index contributed by atoms with van der Waals surface area (Å²) in [6.07, 6.45) is 1.79. The van der Waals surface area contributed by atoms with Crippen LogP contribution in [0.5, 0.6) is 0 Å². The van der Waals surface area contributed by atoms with Crippen LogP contribution in [0, 0.1) is 0 Å². The number of rotatable bonds is 5. The number of nitrogens with zero attached hydrogens (tertiary/aromatic N) is 2. The Kier molecular flexibility index (Phi) is 6.59. The van der Waals surface area contributed by atoms with Crippen LogP contribution in [0.3, 0.4) is 0 Å². The van der Waals surface area contributed by atoms with Gasteiger partial charge in [0.15, 0.2) is 0 Å². The van der Waals surface area contributed by atoms with Crippen LogP contribution in [0.1, 0.15) is 50.5 Å². The van der Waals surface area contributed by atoms with Crippen molar-refractivity contribution in [2.75, 3.05) is 32.8 Å². The number of carbonyl (C=O) groups excluding carboxylic acids is 1. The summed E-state index contributed by atoms with van der Waals surface area (Å²) in [5.74, 6) is 0. The summed E-state index contributed by atoms with van der Waals surface area (Å²) >= 11 is 0. The maximum Gasteiger partial charge on any atom is 0.410 e. The van der Waals surface area contributed by atoms with Gasteiger partial charge in [-0.15, -0.1) is 0 Å². The number of hydrogen-bond acceptors (Lipinski definition) is 4. The average molecular weight is 437 g/mol. The second-order valence-electron chi connectivity index (χ2n) is 10.2. The third kappa shape index (κ3) is 5.16. The molecule has 0 N–H and O–H groups in total. The average Bonchev–Trinajstić information content (AvgIpc) is 3.17. The molecule has 1 aliphatic carbocycles. The lowest BCUT2D eigenvalue weighted by Gasteiger charge is -2.46. The van der Waals surface area contributed by atoms with E-state index >= 15 is 0 Å². The van der Waals surface area contributed by atoms with Gasteiger partial charge in [0.1, 0.15) is 5.60 Å². The van der Waals surface area contributed by atoms with Crippen LogP contribution in [-0.4, -0.2) is 59.8 Å². The van der Waals surface area contributed by atoms with Crippen molar-refractivity contribution in [2.24, 2.45) is 0 Å². The first-order valence-corrected chi connectivity index (χ1v) is 11.7. The van der Waals surface area contributed by atoms with Crippen molar-refractivity contribution in [3.63, 3.8) is 0 Å². The number of piperazine rings is 1. The Morgan fingerprint density at radius 3 is 2.06 bits per heavy atom. The van der Waals surface area contributed by atoms with Gasteiger partial charge in [-0.05, 0) is 57.2 Å². The zero-order chi connectivity index (χ0) is 22.8. The lowest BCUT2D eigenvalue weighted by atomic mass is 9.93. The standard InChI is InChI=1S/C27H36N2O3/c1-21(22-10-6-5-7-11-22)31-20-27(18-23-12-8-9-13-24(23)19-27)29-16-14-28(15-17-29)25(30)32-26(2,3)4/h5-13,21H,14-20H2,1-4H3. The predicted molar refractivity (Wildman–Crippen MR) is 127 cm³/mol. The normalized spacial score (nSPS) is 19.4. The van der Waals surface area contributed by atoms with Crippen LogP contribution < -0.4 is 0 Å². The van der Waals surface area contributed by atoms with Crippen molar-refractivity contribution >= 4 is 6.09 Å². The highest BCUT2D eigenvalue weighted by atomic mass is 16.6. The van der Waals surface area contributed by atoms with Crippen molar-refractivity contribution in [2.45, 2.75) is 57.8 Å². The van der Waals surface area contributed by atoms with Crippen molar-refractivity contribution in [3.8, 4) is 0 Å². The molecule has 32 heavy (non-hydrogen) atoms. The molecule has 0 saturated carbocycles. The lowest BCUT2D eigenvalue weighted by Crippen LogP contribution is -2.60. The van der Waals surface area contributed by atoms with E-state index in [0.717, 1.165) is 25.9 Å². The van der Waals surface area contributed by atoms with Gasteiger partial charge in [0.05, 0.1) is 18.2 Å². The molecule has 1 amide bonds. The Labute approximate surface area is 192 Å². The summed E-state index contributed by atoms with van der Waals surface area (Å²) in [6, 6.07) is 19.2. The number of amides is 1. The van der Waals surface area contributed by atoms with Gasteiger partial charge in [-0.3, -0.25) is 4.90 Å². The van der Waals surface area contributed by atoms with Gasteiger partial charge >= 0.3 is 6.09 Å². The van der Waals surface area contributed by atoms with Crippen molar-refractivity contribution in [1.82, 2.24) is 9.80 Å². The molecule has 2 aliphatic rings. The van der Waals surface area contributed by atoms with Crippen molar-refractivity contribution in [3.05, 3.63) is 71.3 Å². The molecular weight excluding hydrogens is 400 g/mol. The molecule has 1 fully saturated rings. The molecule has 4 rings (SSSR count). The van der Waals surface area contributed by atoms with Crippen LogP contribution in [0.4, 0.5) is 4.79 Å². The molecule has 1 heterocycles. The number of ether oxygens (including phenoxy) is 2. The summed E-state index contributed by atoms with van der Waals surface area (Å²) < 4.78 is 12.1. The van der Waals surface area contributed by atoms with E-state index in [0.29, 0.717) is 19.7 Å². The molecule has 1 aliphatic heterocycles. The molecule has 2 aromatic rings. The van der Waals surface area contributed by atoms with E-state index in [2.05, 4.69) is 60.4 Å². The maximum absolute atomic E-state index is 12.5. The van der Waals surface area contributed by atoms with Gasteiger partial charge in [0.25, 0.3) is 0 Å². The zero-order valence-corrected chi connectivity index (χ0v) is 19.8. The third-order valence-corrected chi connectivity index (χ3v) is 6.63. The highest BCUT2D eigenvalue weighted by Crippen LogP contribution is 2.37. The highest BCUT2D eigenvalue weighted by molar-refractivity contribution is 5.68. The minimum Gasteiger partial charge on any atom is -0.444 e. The molecule has 172 valence electrons. The molecule has 0 bridgehead atoms. The fourth-order valence-electron chi connectivity index (χ4n) is 4.88.